The molecule has 2 N–H and O–H groups in total. The summed E-state index contributed by atoms with van der Waals surface area (Å²) in [7, 11) is 1.88. The van der Waals surface area contributed by atoms with Gasteiger partial charge in [0.05, 0.1) is 0 Å². The number of nitrogens with zero attached hydrogens (tertiary/aromatic N) is 3. The Morgan fingerprint density at radius 3 is 2.11 bits per heavy atom. The highest BCUT2D eigenvalue weighted by atomic mass is 16.1. The molecule has 0 saturated heterocycles. The molecule has 0 atom stereocenters. The first-order chi connectivity index (χ1) is 8.97. The first-order valence-corrected chi connectivity index (χ1v) is 5.93. The largest absolute Gasteiger partial charge is 0.366 e. The molecule has 1 aromatic heterocycles. The van der Waals surface area contributed by atoms with Gasteiger partial charge in [-0.15, -0.1) is 0 Å². The molecular formula is C14H16N4O. The molecule has 5 nitrogen and oxygen atoms in total. The average Bonchev–Trinajstić information content (AvgIpc) is 2.37. The minimum absolute atomic E-state index is 0.433. The van der Waals surface area contributed by atoms with Crippen molar-refractivity contribution in [1.29, 1.82) is 0 Å². The van der Waals surface area contributed by atoms with E-state index in [2.05, 4.69) is 9.97 Å². The van der Waals surface area contributed by atoms with E-state index in [9.17, 15) is 4.79 Å². The van der Waals surface area contributed by atoms with Crippen molar-refractivity contribution in [2.24, 2.45) is 5.73 Å². The standard InChI is InChI=1S/C14H16N4O/c1-9-8-10(2)17-14(16-9)18(3)12-6-4-11(5-7-12)13(15)19/h4-8H,1-3H3,(H2,15,19). The molecule has 0 saturated carbocycles. The highest BCUT2D eigenvalue weighted by Crippen LogP contribution is 2.20. The molecule has 0 unspecified atom stereocenters. The predicted molar refractivity (Wildman–Crippen MR) is 74.5 cm³/mol. The van der Waals surface area contributed by atoms with Gasteiger partial charge in [0, 0.05) is 29.7 Å². The average molecular weight is 256 g/mol. The Labute approximate surface area is 112 Å². The summed E-state index contributed by atoms with van der Waals surface area (Å²) in [5.41, 5.74) is 8.44. The molecule has 0 spiro atoms. The van der Waals surface area contributed by atoms with Crippen LogP contribution in [0.4, 0.5) is 11.6 Å². The molecule has 0 radical (unpaired) electrons. The van der Waals surface area contributed by atoms with Gasteiger partial charge in [0.15, 0.2) is 0 Å². The van der Waals surface area contributed by atoms with Crippen LogP contribution < -0.4 is 10.6 Å². The second-order valence-corrected chi connectivity index (χ2v) is 4.42. The third-order valence-corrected chi connectivity index (χ3v) is 2.81. The van der Waals surface area contributed by atoms with Gasteiger partial charge in [-0.25, -0.2) is 9.97 Å². The molecule has 98 valence electrons. The molecule has 0 aliphatic heterocycles. The summed E-state index contributed by atoms with van der Waals surface area (Å²) in [5.74, 6) is 0.196. The molecule has 2 rings (SSSR count). The lowest BCUT2D eigenvalue weighted by atomic mass is 10.2. The second kappa shape index (κ2) is 5.06. The maximum Gasteiger partial charge on any atom is 0.248 e. The maximum atomic E-state index is 11.0. The summed E-state index contributed by atoms with van der Waals surface area (Å²) < 4.78 is 0. The Kier molecular flexibility index (Phi) is 3.46. The number of carbonyl (C=O) groups is 1. The number of benzene rings is 1. The van der Waals surface area contributed by atoms with Gasteiger partial charge in [0.2, 0.25) is 11.9 Å². The van der Waals surface area contributed by atoms with Crippen LogP contribution in [-0.4, -0.2) is 22.9 Å². The third-order valence-electron chi connectivity index (χ3n) is 2.81. The number of rotatable bonds is 3. The van der Waals surface area contributed by atoms with E-state index in [1.54, 1.807) is 12.1 Å². The van der Waals surface area contributed by atoms with Crippen LogP contribution in [0.15, 0.2) is 30.3 Å². The Balaban J connectivity index is 2.32. The van der Waals surface area contributed by atoms with E-state index in [0.717, 1.165) is 17.1 Å². The van der Waals surface area contributed by atoms with Gasteiger partial charge < -0.3 is 10.6 Å². The molecule has 1 aromatic carbocycles. The van der Waals surface area contributed by atoms with E-state index in [0.29, 0.717) is 11.5 Å². The van der Waals surface area contributed by atoms with Crippen molar-refractivity contribution in [1.82, 2.24) is 9.97 Å². The van der Waals surface area contributed by atoms with Crippen LogP contribution in [0.1, 0.15) is 21.7 Å². The topological polar surface area (TPSA) is 72.1 Å². The van der Waals surface area contributed by atoms with Crippen LogP contribution in [0, 0.1) is 13.8 Å². The van der Waals surface area contributed by atoms with E-state index in [1.807, 2.05) is 44.0 Å². The van der Waals surface area contributed by atoms with Crippen molar-refractivity contribution >= 4 is 17.5 Å². The van der Waals surface area contributed by atoms with Gasteiger partial charge >= 0.3 is 0 Å². The number of anilines is 2. The number of nitrogens with two attached hydrogens (primary N) is 1. The molecule has 1 heterocycles. The highest BCUT2D eigenvalue weighted by molar-refractivity contribution is 5.93. The Hall–Kier alpha value is -2.43. The van der Waals surface area contributed by atoms with Crippen LogP contribution in [0.2, 0.25) is 0 Å². The quantitative estimate of drug-likeness (QED) is 0.911. The second-order valence-electron chi connectivity index (χ2n) is 4.42. The fourth-order valence-electron chi connectivity index (χ4n) is 1.82. The molecule has 0 bridgehead atoms. The van der Waals surface area contributed by atoms with E-state index in [-0.39, 0.29) is 0 Å². The summed E-state index contributed by atoms with van der Waals surface area (Å²) in [6, 6.07) is 8.95. The smallest absolute Gasteiger partial charge is 0.248 e. The lowest BCUT2D eigenvalue weighted by molar-refractivity contribution is 0.100. The number of aryl methyl sites for hydroxylation is 2. The van der Waals surface area contributed by atoms with Crippen molar-refractivity contribution in [2.75, 3.05) is 11.9 Å². The van der Waals surface area contributed by atoms with Crippen molar-refractivity contribution in [2.45, 2.75) is 13.8 Å². The fraction of sp³-hybridized carbons (Fsp3) is 0.214. The fourth-order valence-corrected chi connectivity index (χ4v) is 1.82. The molecule has 5 heteroatoms. The molecule has 0 aliphatic carbocycles. The molecule has 0 fully saturated rings. The number of carbonyl (C=O) groups excluding carboxylic acids is 1. The van der Waals surface area contributed by atoms with Gasteiger partial charge in [-0.2, -0.15) is 0 Å². The Morgan fingerprint density at radius 1 is 1.11 bits per heavy atom. The lowest BCUT2D eigenvalue weighted by Crippen LogP contribution is -2.15. The van der Waals surface area contributed by atoms with Gasteiger partial charge in [-0.3, -0.25) is 4.79 Å². The van der Waals surface area contributed by atoms with E-state index in [1.165, 1.54) is 0 Å². The summed E-state index contributed by atoms with van der Waals surface area (Å²) in [6.45, 7) is 3.87. The molecule has 19 heavy (non-hydrogen) atoms. The van der Waals surface area contributed by atoms with Gasteiger partial charge in [-0.1, -0.05) is 0 Å². The van der Waals surface area contributed by atoms with Crippen LogP contribution in [0.5, 0.6) is 0 Å². The Bertz CT molecular complexity index is 587. The normalized spacial score (nSPS) is 10.3. The van der Waals surface area contributed by atoms with Gasteiger partial charge in [0.25, 0.3) is 0 Å². The maximum absolute atomic E-state index is 11.0. The van der Waals surface area contributed by atoms with E-state index >= 15 is 0 Å². The van der Waals surface area contributed by atoms with Crippen LogP contribution in [0.3, 0.4) is 0 Å². The predicted octanol–water partition coefficient (Wildman–Crippen LogP) is 1.96. The van der Waals surface area contributed by atoms with Crippen molar-refractivity contribution < 1.29 is 4.79 Å². The first-order valence-electron chi connectivity index (χ1n) is 5.93. The summed E-state index contributed by atoms with van der Waals surface area (Å²) in [5, 5.41) is 0. The monoisotopic (exact) mass is 256 g/mol. The molecule has 1 amide bonds. The highest BCUT2D eigenvalue weighted by Gasteiger charge is 2.09. The number of hydrogen-bond acceptors (Lipinski definition) is 4. The van der Waals surface area contributed by atoms with Crippen LogP contribution >= 0.6 is 0 Å². The summed E-state index contributed by atoms with van der Waals surface area (Å²) in [6.07, 6.45) is 0. The third kappa shape index (κ3) is 2.88. The summed E-state index contributed by atoms with van der Waals surface area (Å²) in [4.78, 5) is 21.7. The molecule has 2 aromatic rings. The Morgan fingerprint density at radius 2 is 1.63 bits per heavy atom. The number of aromatic nitrogens is 2. The van der Waals surface area contributed by atoms with E-state index in [4.69, 9.17) is 5.73 Å². The first kappa shape index (κ1) is 13.0. The van der Waals surface area contributed by atoms with Gasteiger partial charge in [-0.05, 0) is 44.2 Å². The van der Waals surface area contributed by atoms with Crippen molar-refractivity contribution in [3.05, 3.63) is 47.3 Å². The van der Waals surface area contributed by atoms with Crippen molar-refractivity contribution in [3.8, 4) is 0 Å². The number of primary amides is 1. The van der Waals surface area contributed by atoms with Crippen molar-refractivity contribution in [3.63, 3.8) is 0 Å². The molecular weight excluding hydrogens is 240 g/mol. The minimum atomic E-state index is -0.433. The van der Waals surface area contributed by atoms with Gasteiger partial charge in [0.1, 0.15) is 0 Å². The lowest BCUT2D eigenvalue weighted by Gasteiger charge is -2.18. The number of hydrogen-bond donors (Lipinski definition) is 1. The zero-order chi connectivity index (χ0) is 14.0. The SMILES string of the molecule is Cc1cc(C)nc(N(C)c2ccc(C(N)=O)cc2)n1. The number of amides is 1. The molecule has 0 aliphatic rings. The van der Waals surface area contributed by atoms with E-state index < -0.39 is 5.91 Å². The van der Waals surface area contributed by atoms with Crippen LogP contribution in [-0.2, 0) is 0 Å². The zero-order valence-corrected chi connectivity index (χ0v) is 11.2. The summed E-state index contributed by atoms with van der Waals surface area (Å²) >= 11 is 0. The minimum Gasteiger partial charge on any atom is -0.366 e. The van der Waals surface area contributed by atoms with Crippen LogP contribution in [0.25, 0.3) is 0 Å². The zero-order valence-electron chi connectivity index (χ0n) is 11.2.